The number of carbonyl (C=O) groups excluding carboxylic acids is 1. The normalized spacial score (nSPS) is 14.3. The SMILES string of the molecule is O=C(NC=Cn1cnc2cc(C(F)(F)F)ccc21)c1cc2c(s1)CCC2. The van der Waals surface area contributed by atoms with Gasteiger partial charge >= 0.3 is 6.18 Å². The molecule has 4 rings (SSSR count). The van der Waals surface area contributed by atoms with E-state index in [9.17, 15) is 18.0 Å². The average Bonchev–Trinajstić information content (AvgIpc) is 3.27. The maximum absolute atomic E-state index is 12.7. The number of nitrogens with one attached hydrogen (secondary N) is 1. The molecule has 0 fully saturated rings. The zero-order valence-electron chi connectivity index (χ0n) is 13.5. The molecule has 0 aliphatic heterocycles. The fraction of sp³-hybridized carbons (Fsp3) is 0.222. The van der Waals surface area contributed by atoms with Crippen molar-refractivity contribution in [3.8, 4) is 0 Å². The zero-order chi connectivity index (χ0) is 18.3. The third kappa shape index (κ3) is 3.12. The molecule has 8 heteroatoms. The van der Waals surface area contributed by atoms with Crippen molar-refractivity contribution in [2.75, 3.05) is 0 Å². The van der Waals surface area contributed by atoms with Gasteiger partial charge < -0.3 is 9.88 Å². The second-order valence-electron chi connectivity index (χ2n) is 6.05. The highest BCUT2D eigenvalue weighted by Crippen LogP contribution is 2.31. The molecule has 1 amide bonds. The minimum absolute atomic E-state index is 0.190. The van der Waals surface area contributed by atoms with E-state index in [1.807, 2.05) is 6.07 Å². The van der Waals surface area contributed by atoms with Gasteiger partial charge in [0.2, 0.25) is 0 Å². The molecule has 3 aromatic rings. The van der Waals surface area contributed by atoms with E-state index in [4.69, 9.17) is 0 Å². The number of amides is 1. The number of aryl methyl sites for hydroxylation is 2. The van der Waals surface area contributed by atoms with Crippen LogP contribution in [0.15, 0.2) is 36.8 Å². The molecule has 1 N–H and O–H groups in total. The Kier molecular flexibility index (Phi) is 4.07. The van der Waals surface area contributed by atoms with E-state index in [2.05, 4.69) is 10.3 Å². The van der Waals surface area contributed by atoms with E-state index in [1.165, 1.54) is 40.4 Å². The van der Waals surface area contributed by atoms with Crippen LogP contribution >= 0.6 is 11.3 Å². The van der Waals surface area contributed by atoms with Crippen LogP contribution in [0.2, 0.25) is 0 Å². The lowest BCUT2D eigenvalue weighted by Crippen LogP contribution is -2.15. The Morgan fingerprint density at radius 1 is 1.27 bits per heavy atom. The van der Waals surface area contributed by atoms with E-state index < -0.39 is 11.7 Å². The van der Waals surface area contributed by atoms with Gasteiger partial charge in [-0.25, -0.2) is 4.98 Å². The number of hydrogen-bond donors (Lipinski definition) is 1. The van der Waals surface area contributed by atoms with Gasteiger partial charge in [0.15, 0.2) is 0 Å². The van der Waals surface area contributed by atoms with Gasteiger partial charge in [0.1, 0.15) is 0 Å². The smallest absolute Gasteiger partial charge is 0.326 e. The lowest BCUT2D eigenvalue weighted by atomic mass is 10.2. The summed E-state index contributed by atoms with van der Waals surface area (Å²) in [5, 5.41) is 2.69. The first-order chi connectivity index (χ1) is 12.4. The van der Waals surface area contributed by atoms with Gasteiger partial charge in [-0.1, -0.05) is 0 Å². The highest BCUT2D eigenvalue weighted by molar-refractivity contribution is 7.14. The van der Waals surface area contributed by atoms with Gasteiger partial charge in [0.25, 0.3) is 5.91 Å². The third-order valence-corrected chi connectivity index (χ3v) is 5.56. The summed E-state index contributed by atoms with van der Waals surface area (Å²) in [6, 6.07) is 5.31. The molecule has 0 saturated heterocycles. The van der Waals surface area contributed by atoms with Crippen LogP contribution < -0.4 is 5.32 Å². The molecule has 1 aromatic carbocycles. The molecule has 1 aliphatic carbocycles. The molecule has 0 saturated carbocycles. The summed E-state index contributed by atoms with van der Waals surface area (Å²) in [4.78, 5) is 18.1. The number of thiophene rings is 1. The molecule has 26 heavy (non-hydrogen) atoms. The Bertz CT molecular complexity index is 995. The lowest BCUT2D eigenvalue weighted by molar-refractivity contribution is -0.137. The van der Waals surface area contributed by atoms with Crippen LogP contribution in [-0.4, -0.2) is 15.5 Å². The van der Waals surface area contributed by atoms with Crippen LogP contribution in [-0.2, 0) is 19.0 Å². The van der Waals surface area contributed by atoms with E-state index in [0.717, 1.165) is 31.4 Å². The number of benzene rings is 1. The van der Waals surface area contributed by atoms with Crippen LogP contribution in [0.4, 0.5) is 13.2 Å². The predicted octanol–water partition coefficient (Wildman–Crippen LogP) is 4.46. The molecule has 0 atom stereocenters. The van der Waals surface area contributed by atoms with Crippen molar-refractivity contribution in [3.05, 3.63) is 57.7 Å². The fourth-order valence-corrected chi connectivity index (χ4v) is 4.19. The monoisotopic (exact) mass is 377 g/mol. The summed E-state index contributed by atoms with van der Waals surface area (Å²) in [6.07, 6.45) is 3.23. The number of fused-ring (bicyclic) bond motifs is 2. The van der Waals surface area contributed by atoms with Crippen LogP contribution in [0.25, 0.3) is 17.2 Å². The van der Waals surface area contributed by atoms with Crippen LogP contribution in [0, 0.1) is 0 Å². The topological polar surface area (TPSA) is 46.9 Å². The van der Waals surface area contributed by atoms with Crippen molar-refractivity contribution < 1.29 is 18.0 Å². The van der Waals surface area contributed by atoms with Crippen LogP contribution in [0.1, 0.15) is 32.1 Å². The molecule has 0 spiro atoms. The van der Waals surface area contributed by atoms with E-state index in [1.54, 1.807) is 10.8 Å². The Labute approximate surface area is 151 Å². The molecule has 2 heterocycles. The molecular formula is C18H14F3N3OS. The summed E-state index contributed by atoms with van der Waals surface area (Å²) in [5.74, 6) is -0.190. The number of alkyl halides is 3. The second-order valence-corrected chi connectivity index (χ2v) is 7.19. The van der Waals surface area contributed by atoms with E-state index in [-0.39, 0.29) is 11.4 Å². The van der Waals surface area contributed by atoms with Gasteiger partial charge in [-0.15, -0.1) is 11.3 Å². The van der Waals surface area contributed by atoms with Crippen LogP contribution in [0.5, 0.6) is 0 Å². The molecule has 2 aromatic heterocycles. The Balaban J connectivity index is 1.49. The Morgan fingerprint density at radius 3 is 2.88 bits per heavy atom. The van der Waals surface area contributed by atoms with E-state index in [0.29, 0.717) is 10.4 Å². The number of hydrogen-bond acceptors (Lipinski definition) is 3. The van der Waals surface area contributed by atoms with Gasteiger partial charge in [0.05, 0.1) is 27.8 Å². The summed E-state index contributed by atoms with van der Waals surface area (Å²) in [6.45, 7) is 0. The van der Waals surface area contributed by atoms with Gasteiger partial charge in [0, 0.05) is 17.3 Å². The average molecular weight is 377 g/mol. The van der Waals surface area contributed by atoms with Crippen molar-refractivity contribution >= 4 is 34.5 Å². The number of nitrogens with zero attached hydrogens (tertiary/aromatic N) is 2. The van der Waals surface area contributed by atoms with Gasteiger partial charge in [-0.05, 0) is 49.1 Å². The number of carbonyl (C=O) groups is 1. The van der Waals surface area contributed by atoms with Gasteiger partial charge in [-0.3, -0.25) is 4.79 Å². The summed E-state index contributed by atoms with van der Waals surface area (Å²) in [5.41, 5.74) is 1.28. The molecule has 0 unspecified atom stereocenters. The van der Waals surface area contributed by atoms with Crippen LogP contribution in [0.3, 0.4) is 0 Å². The quantitative estimate of drug-likeness (QED) is 0.732. The minimum Gasteiger partial charge on any atom is -0.326 e. The van der Waals surface area contributed by atoms with Crippen molar-refractivity contribution in [1.29, 1.82) is 0 Å². The zero-order valence-corrected chi connectivity index (χ0v) is 14.3. The van der Waals surface area contributed by atoms with Crippen molar-refractivity contribution in [3.63, 3.8) is 0 Å². The fourth-order valence-electron chi connectivity index (χ4n) is 3.03. The van der Waals surface area contributed by atoms with E-state index >= 15 is 0 Å². The number of imidazole rings is 1. The number of aromatic nitrogens is 2. The molecule has 134 valence electrons. The molecule has 0 radical (unpaired) electrons. The first-order valence-electron chi connectivity index (χ1n) is 8.05. The standard InChI is InChI=1S/C18H14F3N3OS/c19-18(20,21)12-4-5-14-13(9-12)23-10-24(14)7-6-22-17(25)16-8-11-2-1-3-15(11)26-16/h4-10H,1-3H2,(H,22,25). The summed E-state index contributed by atoms with van der Waals surface area (Å²) < 4.78 is 39.8. The number of halogens is 3. The van der Waals surface area contributed by atoms with Crippen molar-refractivity contribution in [2.24, 2.45) is 0 Å². The maximum Gasteiger partial charge on any atom is 0.416 e. The Morgan fingerprint density at radius 2 is 2.12 bits per heavy atom. The van der Waals surface area contributed by atoms with Crippen molar-refractivity contribution in [2.45, 2.75) is 25.4 Å². The first-order valence-corrected chi connectivity index (χ1v) is 8.86. The number of rotatable bonds is 3. The lowest BCUT2D eigenvalue weighted by Gasteiger charge is -2.06. The largest absolute Gasteiger partial charge is 0.416 e. The minimum atomic E-state index is -4.40. The highest BCUT2D eigenvalue weighted by atomic mass is 32.1. The Hall–Kier alpha value is -2.61. The van der Waals surface area contributed by atoms with Gasteiger partial charge in [-0.2, -0.15) is 13.2 Å². The second kappa shape index (κ2) is 6.28. The first kappa shape index (κ1) is 16.8. The highest BCUT2D eigenvalue weighted by Gasteiger charge is 2.30. The molecule has 1 aliphatic rings. The van der Waals surface area contributed by atoms with Crippen molar-refractivity contribution in [1.82, 2.24) is 14.9 Å². The summed E-state index contributed by atoms with van der Waals surface area (Å²) >= 11 is 1.51. The molecular weight excluding hydrogens is 363 g/mol. The predicted molar refractivity (Wildman–Crippen MR) is 93.9 cm³/mol. The maximum atomic E-state index is 12.7. The molecule has 0 bridgehead atoms. The molecule has 4 nitrogen and oxygen atoms in total. The third-order valence-electron chi connectivity index (χ3n) is 4.32. The summed E-state index contributed by atoms with van der Waals surface area (Å²) in [7, 11) is 0.